The van der Waals surface area contributed by atoms with Crippen LogP contribution >= 0.6 is 0 Å². The van der Waals surface area contributed by atoms with Crippen LogP contribution in [0.15, 0.2) is 12.2 Å². The van der Waals surface area contributed by atoms with Gasteiger partial charge in [0, 0.05) is 0 Å². The van der Waals surface area contributed by atoms with Crippen LogP contribution in [0, 0.1) is 11.8 Å². The van der Waals surface area contributed by atoms with Crippen LogP contribution in [0.25, 0.3) is 0 Å². The molecule has 1 fully saturated rings. The van der Waals surface area contributed by atoms with Gasteiger partial charge in [-0.25, -0.2) is 9.59 Å². The largest absolute Gasteiger partial charge is 0.503 e. The lowest BCUT2D eigenvalue weighted by atomic mass is 10.1. The number of hydrogen-bond acceptors (Lipinski definition) is 2. The van der Waals surface area contributed by atoms with Crippen LogP contribution in [0.1, 0.15) is 19.3 Å². The van der Waals surface area contributed by atoms with E-state index in [2.05, 4.69) is 12.2 Å². The van der Waals surface area contributed by atoms with E-state index in [0.717, 1.165) is 11.8 Å². The third-order valence-corrected chi connectivity index (χ3v) is 2.17. The van der Waals surface area contributed by atoms with Gasteiger partial charge < -0.3 is 20.4 Å². The molecule has 0 radical (unpaired) electrons. The SMILES string of the molecule is C1=CC2CCC1C2.O=C(O)O.O=C(O)O. The molecule has 15 heavy (non-hydrogen) atoms. The van der Waals surface area contributed by atoms with Crippen molar-refractivity contribution in [2.75, 3.05) is 0 Å². The van der Waals surface area contributed by atoms with Gasteiger partial charge in [0.2, 0.25) is 0 Å². The van der Waals surface area contributed by atoms with Crippen molar-refractivity contribution < 1.29 is 30.0 Å². The fourth-order valence-corrected chi connectivity index (χ4v) is 1.72. The van der Waals surface area contributed by atoms with E-state index in [1.165, 1.54) is 19.3 Å². The molecule has 0 aromatic heterocycles. The van der Waals surface area contributed by atoms with Crippen molar-refractivity contribution in [3.63, 3.8) is 0 Å². The monoisotopic (exact) mass is 218 g/mol. The highest BCUT2D eigenvalue weighted by Crippen LogP contribution is 2.38. The molecule has 0 amide bonds. The zero-order chi connectivity index (χ0) is 11.8. The lowest BCUT2D eigenvalue weighted by molar-refractivity contribution is 0.135. The van der Waals surface area contributed by atoms with Gasteiger partial charge in [-0.05, 0) is 31.1 Å². The predicted molar refractivity (Wildman–Crippen MR) is 51.3 cm³/mol. The maximum Gasteiger partial charge on any atom is 0.503 e. The Hall–Kier alpha value is -1.72. The number of carboxylic acid groups (broad SMARTS) is 4. The Morgan fingerprint density at radius 2 is 1.13 bits per heavy atom. The summed E-state index contributed by atoms with van der Waals surface area (Å²) in [5, 5.41) is 27.9. The Morgan fingerprint density at radius 3 is 1.20 bits per heavy atom. The second-order valence-corrected chi connectivity index (χ2v) is 3.28. The van der Waals surface area contributed by atoms with Gasteiger partial charge in [-0.2, -0.15) is 0 Å². The zero-order valence-corrected chi connectivity index (χ0v) is 8.04. The summed E-state index contributed by atoms with van der Waals surface area (Å²) in [4.78, 5) is 17.1. The van der Waals surface area contributed by atoms with Crippen LogP contribution in [0.4, 0.5) is 9.59 Å². The molecule has 0 heterocycles. The Morgan fingerprint density at radius 1 is 0.867 bits per heavy atom. The van der Waals surface area contributed by atoms with Crippen LogP contribution in [0.5, 0.6) is 0 Å². The molecule has 1 saturated carbocycles. The van der Waals surface area contributed by atoms with E-state index in [0.29, 0.717) is 0 Å². The maximum atomic E-state index is 8.56. The average molecular weight is 218 g/mol. The first kappa shape index (κ1) is 13.3. The minimum atomic E-state index is -1.83. The van der Waals surface area contributed by atoms with E-state index < -0.39 is 12.3 Å². The topological polar surface area (TPSA) is 115 Å². The molecule has 2 rings (SSSR count). The zero-order valence-electron chi connectivity index (χ0n) is 8.04. The molecule has 2 aliphatic rings. The van der Waals surface area contributed by atoms with Crippen molar-refractivity contribution in [3.05, 3.63) is 12.2 Å². The molecule has 6 nitrogen and oxygen atoms in total. The van der Waals surface area contributed by atoms with Crippen molar-refractivity contribution >= 4 is 12.3 Å². The highest BCUT2D eigenvalue weighted by molar-refractivity contribution is 5.53. The molecular formula is C9H14O6. The fourth-order valence-electron chi connectivity index (χ4n) is 1.72. The first-order valence-electron chi connectivity index (χ1n) is 4.44. The van der Waals surface area contributed by atoms with Crippen molar-refractivity contribution in [1.82, 2.24) is 0 Å². The molecule has 2 aliphatic carbocycles. The highest BCUT2D eigenvalue weighted by Gasteiger charge is 2.25. The Balaban J connectivity index is 0.000000216. The molecule has 0 saturated heterocycles. The molecule has 2 atom stereocenters. The summed E-state index contributed by atoms with van der Waals surface area (Å²) < 4.78 is 0. The number of rotatable bonds is 0. The van der Waals surface area contributed by atoms with E-state index >= 15 is 0 Å². The van der Waals surface area contributed by atoms with Crippen molar-refractivity contribution in [2.24, 2.45) is 11.8 Å². The molecule has 0 spiro atoms. The molecule has 6 heteroatoms. The standard InChI is InChI=1S/C7H10.2CH2O3/c1-2-7-4-3-6(1)5-7;2*2-1(3)4/h1-2,6-7H,3-5H2;2*(H2,2,3,4). The Labute approximate surface area is 86.5 Å². The lowest BCUT2D eigenvalue weighted by Gasteiger charge is -1.96. The first-order valence-corrected chi connectivity index (χ1v) is 4.44. The molecule has 86 valence electrons. The van der Waals surface area contributed by atoms with E-state index in [-0.39, 0.29) is 0 Å². The summed E-state index contributed by atoms with van der Waals surface area (Å²) in [6, 6.07) is 0. The quantitative estimate of drug-likeness (QED) is 0.464. The Bertz CT molecular complexity index is 215. The molecule has 0 aliphatic heterocycles. The summed E-state index contributed by atoms with van der Waals surface area (Å²) in [5.41, 5.74) is 0. The highest BCUT2D eigenvalue weighted by atomic mass is 16.6. The Kier molecular flexibility index (Phi) is 5.92. The second kappa shape index (κ2) is 6.69. The summed E-state index contributed by atoms with van der Waals surface area (Å²) in [6.45, 7) is 0. The van der Waals surface area contributed by atoms with Crippen LogP contribution in [-0.2, 0) is 0 Å². The minimum absolute atomic E-state index is 0.991. The number of carbonyl (C=O) groups is 2. The molecule has 2 unspecified atom stereocenters. The van der Waals surface area contributed by atoms with Crippen LogP contribution in [0.3, 0.4) is 0 Å². The van der Waals surface area contributed by atoms with E-state index in [4.69, 9.17) is 30.0 Å². The summed E-state index contributed by atoms with van der Waals surface area (Å²) in [5.74, 6) is 1.98. The normalized spacial score (nSPS) is 24.5. The fraction of sp³-hybridized carbons (Fsp3) is 0.556. The molecule has 4 N–H and O–H groups in total. The minimum Gasteiger partial charge on any atom is -0.450 e. The second-order valence-electron chi connectivity index (χ2n) is 3.28. The van der Waals surface area contributed by atoms with Crippen LogP contribution in [0.2, 0.25) is 0 Å². The number of hydrogen-bond donors (Lipinski definition) is 4. The average Bonchev–Trinajstić information content (AvgIpc) is 2.62. The van der Waals surface area contributed by atoms with Crippen LogP contribution in [-0.4, -0.2) is 32.7 Å². The third-order valence-electron chi connectivity index (χ3n) is 2.17. The van der Waals surface area contributed by atoms with Gasteiger partial charge in [0.15, 0.2) is 0 Å². The smallest absolute Gasteiger partial charge is 0.450 e. The van der Waals surface area contributed by atoms with Crippen molar-refractivity contribution in [1.29, 1.82) is 0 Å². The van der Waals surface area contributed by atoms with E-state index in [9.17, 15) is 0 Å². The van der Waals surface area contributed by atoms with Crippen molar-refractivity contribution in [3.8, 4) is 0 Å². The van der Waals surface area contributed by atoms with Crippen LogP contribution < -0.4 is 0 Å². The molecule has 2 bridgehead atoms. The van der Waals surface area contributed by atoms with Gasteiger partial charge in [-0.15, -0.1) is 0 Å². The van der Waals surface area contributed by atoms with E-state index in [1.54, 1.807) is 0 Å². The molecule has 0 aromatic carbocycles. The van der Waals surface area contributed by atoms with Gasteiger partial charge >= 0.3 is 12.3 Å². The van der Waals surface area contributed by atoms with Crippen molar-refractivity contribution in [2.45, 2.75) is 19.3 Å². The van der Waals surface area contributed by atoms with Gasteiger partial charge in [-0.3, -0.25) is 0 Å². The van der Waals surface area contributed by atoms with Gasteiger partial charge in [-0.1, -0.05) is 12.2 Å². The lowest BCUT2D eigenvalue weighted by Crippen LogP contribution is -1.82. The summed E-state index contributed by atoms with van der Waals surface area (Å²) in [7, 11) is 0. The molecule has 0 aromatic rings. The van der Waals surface area contributed by atoms with Gasteiger partial charge in [0.25, 0.3) is 0 Å². The summed E-state index contributed by atoms with van der Waals surface area (Å²) >= 11 is 0. The maximum absolute atomic E-state index is 8.56. The number of allylic oxidation sites excluding steroid dienone is 2. The predicted octanol–water partition coefficient (Wildman–Crippen LogP) is 2.42. The third kappa shape index (κ3) is 8.61. The number of fused-ring (bicyclic) bond motifs is 2. The molecular weight excluding hydrogens is 204 g/mol. The van der Waals surface area contributed by atoms with E-state index in [1.807, 2.05) is 0 Å². The first-order chi connectivity index (χ1) is 6.91. The van der Waals surface area contributed by atoms with Gasteiger partial charge in [0.05, 0.1) is 0 Å². The van der Waals surface area contributed by atoms with Gasteiger partial charge in [0.1, 0.15) is 0 Å². The summed E-state index contributed by atoms with van der Waals surface area (Å²) in [6.07, 6.45) is 5.52.